The molecule has 0 atom stereocenters. The molecule has 0 spiro atoms. The van der Waals surface area contributed by atoms with Crippen LogP contribution in [-0.4, -0.2) is 37.6 Å². The van der Waals surface area contributed by atoms with Crippen molar-refractivity contribution in [2.24, 2.45) is 0 Å². The first-order chi connectivity index (χ1) is 9.64. The smallest absolute Gasteiger partial charge is 0.125 e. The third-order valence-electron chi connectivity index (χ3n) is 3.64. The Labute approximate surface area is 127 Å². The van der Waals surface area contributed by atoms with Gasteiger partial charge in [-0.3, -0.25) is 0 Å². The molecule has 0 aliphatic rings. The van der Waals surface area contributed by atoms with Crippen molar-refractivity contribution in [2.45, 2.75) is 33.1 Å². The second-order valence-electron chi connectivity index (χ2n) is 4.91. The van der Waals surface area contributed by atoms with Crippen molar-refractivity contribution in [3.63, 3.8) is 0 Å². The molecule has 2 nitrogen and oxygen atoms in total. The first-order valence-corrected chi connectivity index (χ1v) is 8.00. The molecule has 0 radical (unpaired) electrons. The van der Waals surface area contributed by atoms with Crippen LogP contribution >= 0.6 is 11.6 Å². The number of hydrogen-bond acceptors (Lipinski definition) is 2. The molecule has 0 aromatic heterocycles. The van der Waals surface area contributed by atoms with Gasteiger partial charge in [0, 0.05) is 24.7 Å². The Morgan fingerprint density at radius 1 is 1.00 bits per heavy atom. The van der Waals surface area contributed by atoms with Crippen LogP contribution in [0.5, 0.6) is 0 Å². The van der Waals surface area contributed by atoms with E-state index < -0.39 is 0 Å². The summed E-state index contributed by atoms with van der Waals surface area (Å²) in [5, 5.41) is 0. The van der Waals surface area contributed by atoms with E-state index in [2.05, 4.69) is 30.6 Å². The lowest BCUT2D eigenvalue weighted by atomic mass is 10.2. The molecule has 0 heterocycles. The number of anilines is 1. The van der Waals surface area contributed by atoms with Crippen LogP contribution < -0.4 is 4.90 Å². The van der Waals surface area contributed by atoms with Crippen molar-refractivity contribution >= 4 is 17.3 Å². The zero-order valence-corrected chi connectivity index (χ0v) is 13.6. The quantitative estimate of drug-likeness (QED) is 0.633. The molecule has 0 saturated heterocycles. The van der Waals surface area contributed by atoms with E-state index in [9.17, 15) is 4.39 Å². The third kappa shape index (κ3) is 5.29. The summed E-state index contributed by atoms with van der Waals surface area (Å²) in [5.74, 6) is 0.141. The van der Waals surface area contributed by atoms with Gasteiger partial charge in [-0.25, -0.2) is 4.39 Å². The summed E-state index contributed by atoms with van der Waals surface area (Å²) in [4.78, 5) is 4.62. The Bertz CT molecular complexity index is 394. The van der Waals surface area contributed by atoms with Gasteiger partial charge in [0.25, 0.3) is 0 Å². The highest BCUT2D eigenvalue weighted by Crippen LogP contribution is 2.20. The van der Waals surface area contributed by atoms with Gasteiger partial charge in [0.15, 0.2) is 0 Å². The lowest BCUT2D eigenvalue weighted by molar-refractivity contribution is 0.301. The van der Waals surface area contributed by atoms with Gasteiger partial charge in [0.2, 0.25) is 0 Å². The van der Waals surface area contributed by atoms with Crippen molar-refractivity contribution < 1.29 is 4.39 Å². The van der Waals surface area contributed by atoms with Crippen LogP contribution in [0.15, 0.2) is 18.2 Å². The molecule has 1 aromatic carbocycles. The normalized spacial score (nSPS) is 11.1. The largest absolute Gasteiger partial charge is 0.372 e. The maximum atomic E-state index is 13.6. The number of halogens is 2. The van der Waals surface area contributed by atoms with Gasteiger partial charge in [0.1, 0.15) is 5.82 Å². The molecule has 0 unspecified atom stereocenters. The van der Waals surface area contributed by atoms with Crippen molar-refractivity contribution in [2.75, 3.05) is 37.6 Å². The second kappa shape index (κ2) is 9.19. The van der Waals surface area contributed by atoms with E-state index in [1.807, 2.05) is 6.07 Å². The SMILES string of the molecule is CCN(CC)CCCN(CC)c1cc(F)cc(CCl)c1. The highest BCUT2D eigenvalue weighted by molar-refractivity contribution is 6.17. The van der Waals surface area contributed by atoms with Gasteiger partial charge in [0.05, 0.1) is 0 Å². The standard InChI is InChI=1S/C16H26ClFN2/c1-4-19(5-2)8-7-9-20(6-3)16-11-14(13-17)10-15(18)12-16/h10-12H,4-9,13H2,1-3H3. The highest BCUT2D eigenvalue weighted by Gasteiger charge is 2.08. The molecule has 0 N–H and O–H groups in total. The first kappa shape index (κ1) is 17.3. The van der Waals surface area contributed by atoms with E-state index in [0.29, 0.717) is 5.88 Å². The van der Waals surface area contributed by atoms with Crippen LogP contribution in [0.1, 0.15) is 32.8 Å². The Hall–Kier alpha value is -0.800. The van der Waals surface area contributed by atoms with E-state index in [4.69, 9.17) is 11.6 Å². The molecule has 0 aliphatic carbocycles. The zero-order valence-electron chi connectivity index (χ0n) is 12.8. The summed E-state index contributed by atoms with van der Waals surface area (Å²) in [6.45, 7) is 11.5. The fraction of sp³-hybridized carbons (Fsp3) is 0.625. The fourth-order valence-electron chi connectivity index (χ4n) is 2.39. The molecule has 0 saturated carbocycles. The predicted octanol–water partition coefficient (Wildman–Crippen LogP) is 4.12. The zero-order chi connectivity index (χ0) is 15.0. The average molecular weight is 301 g/mol. The Balaban J connectivity index is 2.64. The summed E-state index contributed by atoms with van der Waals surface area (Å²) >= 11 is 5.81. The van der Waals surface area contributed by atoms with Gasteiger partial charge >= 0.3 is 0 Å². The number of alkyl halides is 1. The molecule has 0 fully saturated rings. The van der Waals surface area contributed by atoms with Crippen LogP contribution in [0.4, 0.5) is 10.1 Å². The minimum Gasteiger partial charge on any atom is -0.372 e. The van der Waals surface area contributed by atoms with Crippen molar-refractivity contribution in [3.8, 4) is 0 Å². The van der Waals surface area contributed by atoms with Gasteiger partial charge < -0.3 is 9.80 Å². The van der Waals surface area contributed by atoms with Gasteiger partial charge in [-0.05, 0) is 56.7 Å². The van der Waals surface area contributed by atoms with Crippen molar-refractivity contribution in [1.82, 2.24) is 4.90 Å². The molecular formula is C16H26ClFN2. The number of benzene rings is 1. The molecule has 114 valence electrons. The summed E-state index contributed by atoms with van der Waals surface area (Å²) in [5.41, 5.74) is 1.77. The van der Waals surface area contributed by atoms with E-state index in [0.717, 1.165) is 50.4 Å². The maximum absolute atomic E-state index is 13.6. The van der Waals surface area contributed by atoms with Crippen LogP contribution in [0, 0.1) is 5.82 Å². The average Bonchev–Trinajstić information content (AvgIpc) is 2.47. The lowest BCUT2D eigenvalue weighted by Gasteiger charge is -2.25. The summed E-state index contributed by atoms with van der Waals surface area (Å²) < 4.78 is 13.6. The second-order valence-corrected chi connectivity index (χ2v) is 5.18. The molecule has 1 rings (SSSR count). The Morgan fingerprint density at radius 3 is 2.25 bits per heavy atom. The predicted molar refractivity (Wildman–Crippen MR) is 86.2 cm³/mol. The van der Waals surface area contributed by atoms with Crippen molar-refractivity contribution in [1.29, 1.82) is 0 Å². The van der Waals surface area contributed by atoms with Crippen LogP contribution in [-0.2, 0) is 5.88 Å². The lowest BCUT2D eigenvalue weighted by Crippen LogP contribution is -2.30. The minimum absolute atomic E-state index is 0.208. The molecule has 0 bridgehead atoms. The van der Waals surface area contributed by atoms with Crippen molar-refractivity contribution in [3.05, 3.63) is 29.6 Å². The molecule has 4 heteroatoms. The molecule has 20 heavy (non-hydrogen) atoms. The fourth-order valence-corrected chi connectivity index (χ4v) is 2.54. The highest BCUT2D eigenvalue weighted by atomic mass is 35.5. The summed E-state index contributed by atoms with van der Waals surface area (Å²) in [6.07, 6.45) is 1.09. The van der Waals surface area contributed by atoms with E-state index in [1.54, 1.807) is 6.07 Å². The molecule has 0 amide bonds. The Kier molecular flexibility index (Phi) is 7.93. The molecule has 0 aliphatic heterocycles. The van der Waals surface area contributed by atoms with Crippen LogP contribution in [0.2, 0.25) is 0 Å². The van der Waals surface area contributed by atoms with Gasteiger partial charge in [-0.15, -0.1) is 11.6 Å². The monoisotopic (exact) mass is 300 g/mol. The third-order valence-corrected chi connectivity index (χ3v) is 3.95. The molecule has 1 aromatic rings. The van der Waals surface area contributed by atoms with Gasteiger partial charge in [-0.1, -0.05) is 13.8 Å². The summed E-state index contributed by atoms with van der Waals surface area (Å²) in [6, 6.07) is 5.08. The van der Waals surface area contributed by atoms with E-state index >= 15 is 0 Å². The van der Waals surface area contributed by atoms with E-state index in [-0.39, 0.29) is 5.82 Å². The Morgan fingerprint density at radius 2 is 1.70 bits per heavy atom. The summed E-state index contributed by atoms with van der Waals surface area (Å²) in [7, 11) is 0. The molecular weight excluding hydrogens is 275 g/mol. The number of hydrogen-bond donors (Lipinski definition) is 0. The maximum Gasteiger partial charge on any atom is 0.125 e. The first-order valence-electron chi connectivity index (χ1n) is 7.47. The minimum atomic E-state index is -0.208. The van der Waals surface area contributed by atoms with E-state index in [1.165, 1.54) is 6.07 Å². The van der Waals surface area contributed by atoms with Crippen LogP contribution in [0.3, 0.4) is 0 Å². The number of rotatable bonds is 9. The van der Waals surface area contributed by atoms with Crippen LogP contribution in [0.25, 0.3) is 0 Å². The number of nitrogens with zero attached hydrogens (tertiary/aromatic N) is 2. The van der Waals surface area contributed by atoms with Gasteiger partial charge in [-0.2, -0.15) is 0 Å². The topological polar surface area (TPSA) is 6.48 Å².